The van der Waals surface area contributed by atoms with Gasteiger partial charge in [-0.15, -0.1) is 11.3 Å². The van der Waals surface area contributed by atoms with Gasteiger partial charge < -0.3 is 5.32 Å². The summed E-state index contributed by atoms with van der Waals surface area (Å²) in [6.45, 7) is 15.9. The van der Waals surface area contributed by atoms with Crippen LogP contribution in [0.25, 0.3) is 0 Å². The van der Waals surface area contributed by atoms with Crippen LogP contribution in [0.2, 0.25) is 0 Å². The maximum atomic E-state index is 4.86. The van der Waals surface area contributed by atoms with Gasteiger partial charge in [-0.2, -0.15) is 0 Å². The minimum Gasteiger partial charge on any atom is -0.317 e. The molecule has 120 valence electrons. The predicted molar refractivity (Wildman–Crippen MR) is 92.0 cm³/mol. The van der Waals surface area contributed by atoms with Crippen molar-refractivity contribution >= 4 is 11.3 Å². The minimum absolute atomic E-state index is 0.167. The van der Waals surface area contributed by atoms with Crippen LogP contribution in [0, 0.1) is 5.92 Å². The van der Waals surface area contributed by atoms with Crippen LogP contribution >= 0.6 is 11.3 Å². The largest absolute Gasteiger partial charge is 0.317 e. The van der Waals surface area contributed by atoms with Crippen LogP contribution in [-0.2, 0) is 12.0 Å². The third kappa shape index (κ3) is 5.04. The minimum atomic E-state index is 0.167. The first-order valence-corrected chi connectivity index (χ1v) is 9.14. The number of nitrogens with one attached hydrogen (secondary N) is 1. The Morgan fingerprint density at radius 1 is 1.33 bits per heavy atom. The molecule has 1 saturated heterocycles. The summed E-state index contributed by atoms with van der Waals surface area (Å²) in [5.74, 6) is 0.842. The van der Waals surface area contributed by atoms with Gasteiger partial charge in [0.1, 0.15) is 0 Å². The van der Waals surface area contributed by atoms with Gasteiger partial charge in [-0.3, -0.25) is 4.90 Å². The van der Waals surface area contributed by atoms with E-state index in [4.69, 9.17) is 4.98 Å². The molecule has 21 heavy (non-hydrogen) atoms. The molecule has 0 unspecified atom stereocenters. The zero-order valence-electron chi connectivity index (χ0n) is 14.3. The molecule has 1 fully saturated rings. The molecule has 1 N–H and O–H groups in total. The molecule has 0 aromatic carbocycles. The molecule has 0 bridgehead atoms. The molecule has 1 aromatic heterocycles. The second-order valence-electron chi connectivity index (χ2n) is 7.61. The van der Waals surface area contributed by atoms with Gasteiger partial charge >= 0.3 is 0 Å². The number of aromatic nitrogens is 1. The molecular formula is C17H31N3S. The third-order valence-electron chi connectivity index (χ3n) is 4.24. The Balaban J connectivity index is 1.97. The predicted octanol–water partition coefficient (Wildman–Crippen LogP) is 3.65. The second kappa shape index (κ2) is 7.21. The smallest absolute Gasteiger partial charge is 0.0982 e. The van der Waals surface area contributed by atoms with E-state index in [1.54, 1.807) is 0 Å². The third-order valence-corrected chi connectivity index (χ3v) is 5.56. The number of piperidine rings is 1. The van der Waals surface area contributed by atoms with Crippen molar-refractivity contribution in [1.29, 1.82) is 0 Å². The van der Waals surface area contributed by atoms with Crippen molar-refractivity contribution in [2.24, 2.45) is 5.92 Å². The van der Waals surface area contributed by atoms with Gasteiger partial charge in [0.05, 0.1) is 10.7 Å². The molecule has 0 aliphatic carbocycles. The Labute approximate surface area is 134 Å². The first-order chi connectivity index (χ1) is 9.86. The van der Waals surface area contributed by atoms with Gasteiger partial charge in [0.25, 0.3) is 0 Å². The zero-order valence-corrected chi connectivity index (χ0v) is 15.1. The first-order valence-electron chi connectivity index (χ1n) is 8.26. The molecule has 0 amide bonds. The summed E-state index contributed by atoms with van der Waals surface area (Å²) < 4.78 is 0. The van der Waals surface area contributed by atoms with Crippen LogP contribution in [0.4, 0.5) is 0 Å². The Kier molecular flexibility index (Phi) is 5.81. The average Bonchev–Trinajstić information content (AvgIpc) is 2.87. The summed E-state index contributed by atoms with van der Waals surface area (Å²) in [6.07, 6.45) is 2.63. The Bertz CT molecular complexity index is 427. The molecular weight excluding hydrogens is 278 g/mol. The van der Waals surface area contributed by atoms with Crippen LogP contribution in [0.3, 0.4) is 0 Å². The molecule has 1 aromatic rings. The monoisotopic (exact) mass is 309 g/mol. The number of hydrogen-bond donors (Lipinski definition) is 1. The van der Waals surface area contributed by atoms with Crippen LogP contribution in [0.15, 0.2) is 5.38 Å². The maximum absolute atomic E-state index is 4.86. The topological polar surface area (TPSA) is 28.2 Å². The first kappa shape index (κ1) is 16.9. The van der Waals surface area contributed by atoms with Crippen LogP contribution in [0.5, 0.6) is 0 Å². The lowest BCUT2D eigenvalue weighted by atomic mass is 9.97. The van der Waals surface area contributed by atoms with E-state index in [0.717, 1.165) is 12.5 Å². The molecule has 0 atom stereocenters. The van der Waals surface area contributed by atoms with E-state index >= 15 is 0 Å². The number of nitrogens with zero attached hydrogens (tertiary/aromatic N) is 2. The highest BCUT2D eigenvalue weighted by molar-refractivity contribution is 7.09. The van der Waals surface area contributed by atoms with Gasteiger partial charge in [-0.25, -0.2) is 4.98 Å². The van der Waals surface area contributed by atoms with Crippen molar-refractivity contribution in [1.82, 2.24) is 15.2 Å². The summed E-state index contributed by atoms with van der Waals surface area (Å²) in [5.41, 5.74) is 1.41. The SMILES string of the molecule is CC(C)N(Cc1csc(C(C)(C)C)n1)CC1CCNCC1. The Morgan fingerprint density at radius 2 is 2.00 bits per heavy atom. The van der Waals surface area contributed by atoms with Gasteiger partial charge in [0.15, 0.2) is 0 Å². The lowest BCUT2D eigenvalue weighted by Gasteiger charge is -2.32. The van der Waals surface area contributed by atoms with Crippen LogP contribution in [-0.4, -0.2) is 35.6 Å². The highest BCUT2D eigenvalue weighted by Gasteiger charge is 2.22. The quantitative estimate of drug-likeness (QED) is 0.900. The van der Waals surface area contributed by atoms with E-state index in [2.05, 4.69) is 50.2 Å². The standard InChI is InChI=1S/C17H31N3S/c1-13(2)20(10-14-6-8-18-9-7-14)11-15-12-21-16(19-15)17(3,4)5/h12-14,18H,6-11H2,1-5H3. The number of rotatable bonds is 5. The zero-order chi connectivity index (χ0) is 15.5. The molecule has 0 saturated carbocycles. The molecule has 2 heterocycles. The molecule has 1 aliphatic rings. The highest BCUT2D eigenvalue weighted by Crippen LogP contribution is 2.26. The second-order valence-corrected chi connectivity index (χ2v) is 8.47. The molecule has 3 nitrogen and oxygen atoms in total. The van der Waals surface area contributed by atoms with Gasteiger partial charge in [-0.05, 0) is 45.7 Å². The molecule has 2 rings (SSSR count). The lowest BCUT2D eigenvalue weighted by Crippen LogP contribution is -2.39. The van der Waals surface area contributed by atoms with Crippen molar-refractivity contribution in [2.45, 2.75) is 65.5 Å². The summed E-state index contributed by atoms with van der Waals surface area (Å²) in [5, 5.41) is 6.96. The van der Waals surface area contributed by atoms with Crippen molar-refractivity contribution in [3.8, 4) is 0 Å². The van der Waals surface area contributed by atoms with Gasteiger partial charge in [0.2, 0.25) is 0 Å². The lowest BCUT2D eigenvalue weighted by molar-refractivity contribution is 0.160. The fourth-order valence-electron chi connectivity index (χ4n) is 2.79. The normalized spacial score (nSPS) is 17.9. The summed E-state index contributed by atoms with van der Waals surface area (Å²) >= 11 is 1.81. The molecule has 1 aliphatic heterocycles. The van der Waals surface area contributed by atoms with E-state index in [1.165, 1.54) is 43.2 Å². The van der Waals surface area contributed by atoms with Crippen molar-refractivity contribution in [3.05, 3.63) is 16.1 Å². The molecule has 4 heteroatoms. The van der Waals surface area contributed by atoms with Crippen LogP contribution in [0.1, 0.15) is 58.2 Å². The van der Waals surface area contributed by atoms with E-state index < -0.39 is 0 Å². The highest BCUT2D eigenvalue weighted by atomic mass is 32.1. The molecule has 0 spiro atoms. The Hall–Kier alpha value is -0.450. The summed E-state index contributed by atoms with van der Waals surface area (Å²) in [4.78, 5) is 7.46. The average molecular weight is 310 g/mol. The summed E-state index contributed by atoms with van der Waals surface area (Å²) in [6, 6.07) is 0.583. The fraction of sp³-hybridized carbons (Fsp3) is 0.824. The number of hydrogen-bond acceptors (Lipinski definition) is 4. The maximum Gasteiger partial charge on any atom is 0.0982 e. The summed E-state index contributed by atoms with van der Waals surface area (Å²) in [7, 11) is 0. The van der Waals surface area contributed by atoms with E-state index in [1.807, 2.05) is 11.3 Å². The fourth-order valence-corrected chi connectivity index (χ4v) is 3.68. The molecule has 0 radical (unpaired) electrons. The van der Waals surface area contributed by atoms with Crippen LogP contribution < -0.4 is 5.32 Å². The van der Waals surface area contributed by atoms with Crippen molar-refractivity contribution < 1.29 is 0 Å². The van der Waals surface area contributed by atoms with Gasteiger partial charge in [0, 0.05) is 29.9 Å². The van der Waals surface area contributed by atoms with E-state index in [-0.39, 0.29) is 5.41 Å². The van der Waals surface area contributed by atoms with E-state index in [0.29, 0.717) is 6.04 Å². The Morgan fingerprint density at radius 3 is 2.52 bits per heavy atom. The van der Waals surface area contributed by atoms with Gasteiger partial charge in [-0.1, -0.05) is 20.8 Å². The number of thiazole rings is 1. The van der Waals surface area contributed by atoms with Crippen molar-refractivity contribution in [2.75, 3.05) is 19.6 Å². The van der Waals surface area contributed by atoms with Crippen molar-refractivity contribution in [3.63, 3.8) is 0 Å². The van der Waals surface area contributed by atoms with E-state index in [9.17, 15) is 0 Å².